The smallest absolute Gasteiger partial charge is 0.308 e. The molecule has 8 heteroatoms. The molecule has 192 valence electrons. The van der Waals surface area contributed by atoms with Crippen molar-refractivity contribution in [2.75, 3.05) is 13.2 Å². The normalized spacial score (nSPS) is 49.6. The Balaban J connectivity index is 1.54. The number of aliphatic hydroxyl groups excluding tert-OH is 1. The van der Waals surface area contributed by atoms with Gasteiger partial charge in [-0.15, -0.1) is 0 Å². The lowest BCUT2D eigenvalue weighted by molar-refractivity contribution is -0.264. The second-order valence-corrected chi connectivity index (χ2v) is 11.9. The first kappa shape index (κ1) is 24.5. The molecule has 3 aliphatic heterocycles. The molecular weight excluding hydrogens is 440 g/mol. The monoisotopic (exact) mass is 480 g/mol. The Kier molecular flexibility index (Phi) is 6.06. The Morgan fingerprint density at radius 3 is 2.53 bits per heavy atom. The minimum absolute atomic E-state index is 0.0534. The summed E-state index contributed by atoms with van der Waals surface area (Å²) in [7, 11) is 0. The molecular formula is C26H40O8. The number of carbonyl (C=O) groups excluding carboxylic acids is 2. The van der Waals surface area contributed by atoms with E-state index in [1.54, 1.807) is 0 Å². The largest absolute Gasteiger partial charge is 0.465 e. The van der Waals surface area contributed by atoms with Crippen molar-refractivity contribution >= 4 is 11.9 Å². The first-order valence-electron chi connectivity index (χ1n) is 13.0. The van der Waals surface area contributed by atoms with Gasteiger partial charge >= 0.3 is 11.9 Å². The number of esters is 2. The molecule has 5 rings (SSSR count). The summed E-state index contributed by atoms with van der Waals surface area (Å²) in [4.78, 5) is 24.9. The van der Waals surface area contributed by atoms with Gasteiger partial charge in [-0.1, -0.05) is 34.1 Å². The molecule has 0 aromatic heterocycles. The van der Waals surface area contributed by atoms with E-state index in [0.29, 0.717) is 19.4 Å². The van der Waals surface area contributed by atoms with E-state index in [1.807, 2.05) is 13.8 Å². The molecule has 1 spiro atoms. The maximum absolute atomic E-state index is 12.6. The molecule has 0 amide bonds. The van der Waals surface area contributed by atoms with Crippen LogP contribution < -0.4 is 0 Å². The summed E-state index contributed by atoms with van der Waals surface area (Å²) in [5, 5.41) is 9.92. The van der Waals surface area contributed by atoms with Crippen LogP contribution in [0.15, 0.2) is 0 Å². The Hall–Kier alpha value is -1.22. The fourth-order valence-electron chi connectivity index (χ4n) is 7.92. The number of ether oxygens (including phenoxy) is 5. The Morgan fingerprint density at radius 1 is 1.18 bits per heavy atom. The highest BCUT2D eigenvalue weighted by molar-refractivity contribution is 5.71. The van der Waals surface area contributed by atoms with Gasteiger partial charge in [0.2, 0.25) is 0 Å². The summed E-state index contributed by atoms with van der Waals surface area (Å²) < 4.78 is 30.4. The van der Waals surface area contributed by atoms with Gasteiger partial charge in [0.25, 0.3) is 0 Å². The van der Waals surface area contributed by atoms with Gasteiger partial charge in [-0.2, -0.15) is 0 Å². The topological polar surface area (TPSA) is 104 Å². The van der Waals surface area contributed by atoms with Crippen LogP contribution in [0.25, 0.3) is 0 Å². The van der Waals surface area contributed by atoms with E-state index in [2.05, 4.69) is 13.8 Å². The van der Waals surface area contributed by atoms with Crippen LogP contribution in [-0.4, -0.2) is 60.6 Å². The second kappa shape index (κ2) is 8.43. The molecule has 0 aromatic carbocycles. The summed E-state index contributed by atoms with van der Waals surface area (Å²) in [5.74, 6) is -0.332. The van der Waals surface area contributed by atoms with E-state index >= 15 is 0 Å². The minimum atomic E-state index is -0.756. The molecule has 2 saturated carbocycles. The standard InChI is InChI=1S/C26H40O8/c1-14(2)22(29)30-13-26-18(7-6-8-25(26)12-31-25)24(5,15(3)9-20(26)32-16(4)27)19-10-17-11-21(28)34-23(17)33-19/h14-15,17-21,23,28H,6-13H2,1-5H3/t15-,17+,18-,19+,20+,21-,23-,24+,25+,26+/m1/s1. The van der Waals surface area contributed by atoms with E-state index in [-0.39, 0.29) is 66.1 Å². The molecule has 3 heterocycles. The molecule has 5 fully saturated rings. The van der Waals surface area contributed by atoms with Gasteiger partial charge in [0.05, 0.1) is 24.0 Å². The molecule has 0 radical (unpaired) electrons. The van der Waals surface area contributed by atoms with Crippen molar-refractivity contribution in [2.45, 2.75) is 104 Å². The fourth-order valence-corrected chi connectivity index (χ4v) is 7.92. The molecule has 0 unspecified atom stereocenters. The summed E-state index contributed by atoms with van der Waals surface area (Å²) in [6, 6.07) is 0. The Labute approximate surface area is 202 Å². The minimum Gasteiger partial charge on any atom is -0.465 e. The van der Waals surface area contributed by atoms with Crippen molar-refractivity contribution < 1.29 is 38.4 Å². The summed E-state index contributed by atoms with van der Waals surface area (Å²) in [6.45, 7) is 10.4. The lowest BCUT2D eigenvalue weighted by Crippen LogP contribution is -2.69. The average molecular weight is 481 g/mol. The number of hydrogen-bond acceptors (Lipinski definition) is 8. The molecule has 3 saturated heterocycles. The van der Waals surface area contributed by atoms with E-state index in [4.69, 9.17) is 23.7 Å². The third-order valence-electron chi connectivity index (χ3n) is 9.91. The molecule has 8 nitrogen and oxygen atoms in total. The van der Waals surface area contributed by atoms with Crippen LogP contribution in [0.5, 0.6) is 0 Å². The Bertz CT molecular complexity index is 810. The first-order valence-corrected chi connectivity index (χ1v) is 13.0. The van der Waals surface area contributed by atoms with Crippen molar-refractivity contribution in [1.82, 2.24) is 0 Å². The molecule has 5 aliphatic rings. The van der Waals surface area contributed by atoms with Crippen LogP contribution in [0.2, 0.25) is 0 Å². The van der Waals surface area contributed by atoms with Crippen LogP contribution in [0.4, 0.5) is 0 Å². The molecule has 2 aliphatic carbocycles. The lowest BCUT2D eigenvalue weighted by Gasteiger charge is -2.64. The van der Waals surface area contributed by atoms with Crippen molar-refractivity contribution in [3.8, 4) is 0 Å². The number of epoxide rings is 1. The van der Waals surface area contributed by atoms with Crippen LogP contribution in [0, 0.1) is 34.5 Å². The molecule has 0 bridgehead atoms. The van der Waals surface area contributed by atoms with Gasteiger partial charge in [-0.05, 0) is 37.5 Å². The van der Waals surface area contributed by atoms with Crippen molar-refractivity contribution in [2.24, 2.45) is 34.5 Å². The number of fused-ring (bicyclic) bond motifs is 3. The van der Waals surface area contributed by atoms with Crippen molar-refractivity contribution in [3.05, 3.63) is 0 Å². The van der Waals surface area contributed by atoms with Crippen molar-refractivity contribution in [1.29, 1.82) is 0 Å². The maximum atomic E-state index is 12.6. The Morgan fingerprint density at radius 2 is 1.91 bits per heavy atom. The van der Waals surface area contributed by atoms with Gasteiger partial charge in [0, 0.05) is 24.7 Å². The molecule has 0 aromatic rings. The zero-order chi connectivity index (χ0) is 24.5. The zero-order valence-electron chi connectivity index (χ0n) is 21.1. The SMILES string of the molecule is CC(=O)O[C@H]1C[C@@H](C)[C@](C)([C@@H]2C[C@H]3C[C@H](O)O[C@H]3O2)[C@H]2CCC[C@]3(CO3)[C@]12COC(=O)C(C)C. The van der Waals surface area contributed by atoms with Crippen LogP contribution in [0.3, 0.4) is 0 Å². The maximum Gasteiger partial charge on any atom is 0.308 e. The highest BCUT2D eigenvalue weighted by Gasteiger charge is 2.76. The van der Waals surface area contributed by atoms with Gasteiger partial charge in [0.15, 0.2) is 12.6 Å². The summed E-state index contributed by atoms with van der Waals surface area (Å²) >= 11 is 0. The quantitative estimate of drug-likeness (QED) is 0.473. The number of aliphatic hydroxyl groups is 1. The summed E-state index contributed by atoms with van der Waals surface area (Å²) in [6.07, 6.45) is 3.32. The predicted octanol–water partition coefficient (Wildman–Crippen LogP) is 3.19. The first-order chi connectivity index (χ1) is 16.0. The predicted molar refractivity (Wildman–Crippen MR) is 120 cm³/mol. The highest BCUT2D eigenvalue weighted by Crippen LogP contribution is 2.70. The van der Waals surface area contributed by atoms with Gasteiger partial charge in [-0.25, -0.2) is 0 Å². The van der Waals surface area contributed by atoms with Gasteiger partial charge in [-0.3, -0.25) is 9.59 Å². The molecule has 10 atom stereocenters. The molecule has 34 heavy (non-hydrogen) atoms. The average Bonchev–Trinajstić information content (AvgIpc) is 3.29. The third kappa shape index (κ3) is 3.54. The van der Waals surface area contributed by atoms with Crippen LogP contribution in [0.1, 0.15) is 73.1 Å². The molecule has 1 N–H and O–H groups in total. The lowest BCUT2D eigenvalue weighted by atomic mass is 9.42. The second-order valence-electron chi connectivity index (χ2n) is 11.9. The van der Waals surface area contributed by atoms with Crippen molar-refractivity contribution in [3.63, 3.8) is 0 Å². The number of hydrogen-bond donors (Lipinski definition) is 1. The van der Waals surface area contributed by atoms with E-state index in [0.717, 1.165) is 25.7 Å². The number of rotatable bonds is 5. The van der Waals surface area contributed by atoms with Crippen LogP contribution >= 0.6 is 0 Å². The fraction of sp³-hybridized carbons (Fsp3) is 0.923. The van der Waals surface area contributed by atoms with E-state index < -0.39 is 17.3 Å². The summed E-state index contributed by atoms with van der Waals surface area (Å²) in [5.41, 5.74) is -1.32. The van der Waals surface area contributed by atoms with Gasteiger partial charge in [0.1, 0.15) is 18.3 Å². The number of carbonyl (C=O) groups is 2. The van der Waals surface area contributed by atoms with Gasteiger partial charge < -0.3 is 28.8 Å². The van der Waals surface area contributed by atoms with E-state index in [9.17, 15) is 14.7 Å². The highest BCUT2D eigenvalue weighted by atomic mass is 16.7. The zero-order valence-corrected chi connectivity index (χ0v) is 21.1. The van der Waals surface area contributed by atoms with E-state index in [1.165, 1.54) is 6.92 Å². The van der Waals surface area contributed by atoms with Crippen LogP contribution in [-0.2, 0) is 33.3 Å². The third-order valence-corrected chi connectivity index (χ3v) is 9.91.